The third-order valence-electron chi connectivity index (χ3n) is 5.51. The van der Waals surface area contributed by atoms with Gasteiger partial charge in [-0.05, 0) is 70.5 Å². The number of aryl methyl sites for hydroxylation is 1. The first-order valence-corrected chi connectivity index (χ1v) is 8.16. The standard InChI is InChI=1S/C19H31N/c1-15(2)18-10-12-19(13-11-18,20(4)5)14-17-8-6-16(3)7-9-17/h6-9,15,18H,10-14H2,1-5H3. The fourth-order valence-corrected chi connectivity index (χ4v) is 3.71. The quantitative estimate of drug-likeness (QED) is 0.769. The van der Waals surface area contributed by atoms with Crippen molar-refractivity contribution in [1.29, 1.82) is 0 Å². The lowest BCUT2D eigenvalue weighted by Gasteiger charge is -2.46. The topological polar surface area (TPSA) is 3.24 Å². The van der Waals surface area contributed by atoms with Crippen molar-refractivity contribution >= 4 is 0 Å². The lowest BCUT2D eigenvalue weighted by Crippen LogP contribution is -2.49. The van der Waals surface area contributed by atoms with Crippen molar-refractivity contribution in [3.8, 4) is 0 Å². The van der Waals surface area contributed by atoms with E-state index in [0.29, 0.717) is 5.54 Å². The maximum Gasteiger partial charge on any atom is 0.0244 e. The van der Waals surface area contributed by atoms with E-state index in [1.54, 1.807) is 0 Å². The molecule has 1 aromatic carbocycles. The van der Waals surface area contributed by atoms with Crippen molar-refractivity contribution in [2.75, 3.05) is 14.1 Å². The van der Waals surface area contributed by atoms with E-state index >= 15 is 0 Å². The van der Waals surface area contributed by atoms with Crippen LogP contribution in [0, 0.1) is 18.8 Å². The van der Waals surface area contributed by atoms with Crippen LogP contribution in [0.4, 0.5) is 0 Å². The molecule has 1 aromatic rings. The zero-order valence-electron chi connectivity index (χ0n) is 13.9. The summed E-state index contributed by atoms with van der Waals surface area (Å²) in [5.74, 6) is 1.77. The molecular formula is C19H31N. The monoisotopic (exact) mass is 273 g/mol. The summed E-state index contributed by atoms with van der Waals surface area (Å²) in [4.78, 5) is 2.49. The highest BCUT2D eigenvalue weighted by atomic mass is 15.1. The maximum atomic E-state index is 2.49. The van der Waals surface area contributed by atoms with Crippen LogP contribution >= 0.6 is 0 Å². The Balaban J connectivity index is 2.09. The van der Waals surface area contributed by atoms with Gasteiger partial charge in [0.2, 0.25) is 0 Å². The van der Waals surface area contributed by atoms with Crippen LogP contribution in [0.25, 0.3) is 0 Å². The van der Waals surface area contributed by atoms with Gasteiger partial charge in [0.25, 0.3) is 0 Å². The van der Waals surface area contributed by atoms with E-state index in [1.807, 2.05) is 0 Å². The van der Waals surface area contributed by atoms with Crippen molar-refractivity contribution in [3.05, 3.63) is 35.4 Å². The van der Waals surface area contributed by atoms with Gasteiger partial charge in [-0.1, -0.05) is 43.7 Å². The van der Waals surface area contributed by atoms with Gasteiger partial charge in [0.1, 0.15) is 0 Å². The van der Waals surface area contributed by atoms with Crippen molar-refractivity contribution in [3.63, 3.8) is 0 Å². The van der Waals surface area contributed by atoms with Crippen LogP contribution in [-0.2, 0) is 6.42 Å². The Morgan fingerprint density at radius 3 is 2.10 bits per heavy atom. The molecule has 112 valence electrons. The third-order valence-corrected chi connectivity index (χ3v) is 5.51. The molecular weight excluding hydrogens is 242 g/mol. The molecule has 1 aliphatic rings. The Hall–Kier alpha value is -0.820. The third kappa shape index (κ3) is 3.44. The number of hydrogen-bond donors (Lipinski definition) is 0. The van der Waals surface area contributed by atoms with Crippen LogP contribution in [0.1, 0.15) is 50.7 Å². The predicted octanol–water partition coefficient (Wildman–Crippen LogP) is 4.68. The Morgan fingerprint density at radius 2 is 1.65 bits per heavy atom. The van der Waals surface area contributed by atoms with E-state index in [0.717, 1.165) is 11.8 Å². The minimum absolute atomic E-state index is 0.376. The fraction of sp³-hybridized carbons (Fsp3) is 0.684. The lowest BCUT2D eigenvalue weighted by molar-refractivity contribution is 0.0683. The number of likely N-dealkylation sites (N-methyl/N-ethyl adjacent to an activating group) is 1. The van der Waals surface area contributed by atoms with Crippen molar-refractivity contribution < 1.29 is 0 Å². The molecule has 0 aliphatic heterocycles. The molecule has 0 amide bonds. The minimum atomic E-state index is 0.376. The van der Waals surface area contributed by atoms with Gasteiger partial charge in [-0.25, -0.2) is 0 Å². The largest absolute Gasteiger partial charge is 0.303 e. The summed E-state index contributed by atoms with van der Waals surface area (Å²) in [5.41, 5.74) is 3.23. The van der Waals surface area contributed by atoms with Gasteiger partial charge in [-0.15, -0.1) is 0 Å². The molecule has 1 fully saturated rings. The summed E-state index contributed by atoms with van der Waals surface area (Å²) >= 11 is 0. The highest BCUT2D eigenvalue weighted by Crippen LogP contribution is 2.40. The van der Waals surface area contributed by atoms with Crippen LogP contribution in [0.2, 0.25) is 0 Å². The fourth-order valence-electron chi connectivity index (χ4n) is 3.71. The Morgan fingerprint density at radius 1 is 1.10 bits per heavy atom. The molecule has 20 heavy (non-hydrogen) atoms. The normalized spacial score (nSPS) is 27.2. The first-order chi connectivity index (χ1) is 9.43. The van der Waals surface area contributed by atoms with Gasteiger partial charge in [0.05, 0.1) is 0 Å². The van der Waals surface area contributed by atoms with Crippen LogP contribution < -0.4 is 0 Å². The summed E-state index contributed by atoms with van der Waals surface area (Å²) in [6, 6.07) is 9.13. The lowest BCUT2D eigenvalue weighted by atomic mass is 9.70. The molecule has 0 radical (unpaired) electrons. The van der Waals surface area contributed by atoms with E-state index in [4.69, 9.17) is 0 Å². The molecule has 1 saturated carbocycles. The Bertz CT molecular complexity index is 408. The molecule has 0 bridgehead atoms. The van der Waals surface area contributed by atoms with Gasteiger partial charge in [0, 0.05) is 5.54 Å². The second kappa shape index (κ2) is 6.30. The van der Waals surface area contributed by atoms with Crippen LogP contribution in [0.15, 0.2) is 24.3 Å². The molecule has 2 rings (SSSR count). The Labute approximate surface area is 125 Å². The number of nitrogens with zero attached hydrogens (tertiary/aromatic N) is 1. The predicted molar refractivity (Wildman–Crippen MR) is 88.1 cm³/mol. The van der Waals surface area contributed by atoms with Gasteiger partial charge in [-0.2, -0.15) is 0 Å². The Kier molecular flexibility index (Phi) is 4.90. The number of rotatable bonds is 4. The molecule has 0 unspecified atom stereocenters. The second-order valence-electron chi connectivity index (χ2n) is 7.36. The van der Waals surface area contributed by atoms with E-state index in [1.165, 1.54) is 43.2 Å². The molecule has 0 spiro atoms. The SMILES string of the molecule is Cc1ccc(CC2(N(C)C)CCC(C(C)C)CC2)cc1. The van der Waals surface area contributed by atoms with Crippen molar-refractivity contribution in [2.45, 2.75) is 58.4 Å². The highest BCUT2D eigenvalue weighted by molar-refractivity contribution is 5.23. The molecule has 0 N–H and O–H groups in total. The molecule has 1 nitrogen and oxygen atoms in total. The summed E-state index contributed by atoms with van der Waals surface area (Å²) in [6.45, 7) is 6.93. The zero-order chi connectivity index (χ0) is 14.8. The minimum Gasteiger partial charge on any atom is -0.303 e. The van der Waals surface area contributed by atoms with Gasteiger partial charge < -0.3 is 4.90 Å². The first-order valence-electron chi connectivity index (χ1n) is 8.16. The molecule has 1 aliphatic carbocycles. The van der Waals surface area contributed by atoms with Crippen molar-refractivity contribution in [1.82, 2.24) is 4.90 Å². The maximum absolute atomic E-state index is 2.49. The molecule has 0 saturated heterocycles. The molecule has 0 aromatic heterocycles. The van der Waals surface area contributed by atoms with Crippen LogP contribution in [-0.4, -0.2) is 24.5 Å². The van der Waals surface area contributed by atoms with Gasteiger partial charge in [-0.3, -0.25) is 0 Å². The second-order valence-corrected chi connectivity index (χ2v) is 7.36. The zero-order valence-corrected chi connectivity index (χ0v) is 13.9. The average molecular weight is 273 g/mol. The summed E-state index contributed by atoms with van der Waals surface area (Å²) in [7, 11) is 4.54. The average Bonchev–Trinajstić information content (AvgIpc) is 2.42. The van der Waals surface area contributed by atoms with Crippen molar-refractivity contribution in [2.24, 2.45) is 11.8 Å². The molecule has 0 atom stereocenters. The van der Waals surface area contributed by atoms with E-state index < -0.39 is 0 Å². The summed E-state index contributed by atoms with van der Waals surface area (Å²) < 4.78 is 0. The summed E-state index contributed by atoms with van der Waals surface area (Å²) in [6.07, 6.45) is 6.67. The smallest absolute Gasteiger partial charge is 0.0244 e. The highest BCUT2D eigenvalue weighted by Gasteiger charge is 2.37. The van der Waals surface area contributed by atoms with Crippen LogP contribution in [0.5, 0.6) is 0 Å². The van der Waals surface area contributed by atoms with Gasteiger partial charge in [0.15, 0.2) is 0 Å². The van der Waals surface area contributed by atoms with E-state index in [2.05, 4.69) is 64.0 Å². The van der Waals surface area contributed by atoms with E-state index in [9.17, 15) is 0 Å². The molecule has 0 heterocycles. The van der Waals surface area contributed by atoms with Crippen LogP contribution in [0.3, 0.4) is 0 Å². The van der Waals surface area contributed by atoms with E-state index in [-0.39, 0.29) is 0 Å². The summed E-state index contributed by atoms with van der Waals surface area (Å²) in [5, 5.41) is 0. The number of benzene rings is 1. The number of hydrogen-bond acceptors (Lipinski definition) is 1. The first kappa shape index (κ1) is 15.6. The molecule has 1 heteroatoms. The van der Waals surface area contributed by atoms with Gasteiger partial charge >= 0.3 is 0 Å².